The van der Waals surface area contributed by atoms with Crippen LogP contribution in [0.15, 0.2) is 41.8 Å². The molecule has 1 amide bonds. The maximum atomic E-state index is 12.9. The number of piperidine rings is 1. The van der Waals surface area contributed by atoms with Crippen molar-refractivity contribution < 1.29 is 22.8 Å². The van der Waals surface area contributed by atoms with Crippen LogP contribution in [0.1, 0.15) is 52.5 Å². The number of thiazole rings is 1. The third-order valence-corrected chi connectivity index (χ3v) is 7.73. The molecule has 2 aliphatic heterocycles. The largest absolute Gasteiger partial charge is 0.435 e. The molecule has 12 heteroatoms. The Bertz CT molecular complexity index is 1300. The number of hydroxylamine groups is 1. The number of aromatic nitrogens is 3. The summed E-state index contributed by atoms with van der Waals surface area (Å²) in [5.41, 5.74) is 4.70. The summed E-state index contributed by atoms with van der Waals surface area (Å²) in [6.45, 7) is 2.34. The minimum absolute atomic E-state index is 0.207. The molecule has 7 nitrogen and oxygen atoms in total. The van der Waals surface area contributed by atoms with Crippen molar-refractivity contribution >= 4 is 34.5 Å². The van der Waals surface area contributed by atoms with Crippen LogP contribution in [0.2, 0.25) is 5.02 Å². The van der Waals surface area contributed by atoms with Gasteiger partial charge in [-0.3, -0.25) is 19.8 Å². The third kappa shape index (κ3) is 5.14. The number of carbonyl (C=O) groups excluding carboxylic acids is 1. The van der Waals surface area contributed by atoms with Gasteiger partial charge >= 0.3 is 6.18 Å². The van der Waals surface area contributed by atoms with E-state index >= 15 is 0 Å². The zero-order valence-corrected chi connectivity index (χ0v) is 20.8. The molecule has 0 spiro atoms. The molecule has 1 fully saturated rings. The Kier molecular flexibility index (Phi) is 6.80. The number of alkyl halides is 3. The van der Waals surface area contributed by atoms with Crippen molar-refractivity contribution in [2.75, 3.05) is 13.1 Å². The van der Waals surface area contributed by atoms with Crippen molar-refractivity contribution in [3.8, 4) is 0 Å². The smallest absolute Gasteiger partial charge is 0.341 e. The molecular formula is C24H23ClF3N5O2S. The summed E-state index contributed by atoms with van der Waals surface area (Å²) in [6, 6.07) is 8.46. The molecule has 0 radical (unpaired) electrons. The van der Waals surface area contributed by atoms with Crippen molar-refractivity contribution in [2.24, 2.45) is 0 Å². The monoisotopic (exact) mass is 537 g/mol. The van der Waals surface area contributed by atoms with Gasteiger partial charge in [-0.05, 0) is 38.0 Å². The highest BCUT2D eigenvalue weighted by molar-refractivity contribution is 7.09. The molecule has 2 aliphatic rings. The summed E-state index contributed by atoms with van der Waals surface area (Å²) in [5.74, 6) is -0.0327. The van der Waals surface area contributed by atoms with Crippen molar-refractivity contribution in [3.05, 3.63) is 74.5 Å². The SMILES string of the molecule is Cc1cc(C(F)(F)F)nn1CC(=O)N1CCC(c2nc(C3=CC(c4ccccc4Cl)ON3)cs2)CC1. The molecule has 5 rings (SSSR count). The Morgan fingerprint density at radius 1 is 1.28 bits per heavy atom. The Hall–Kier alpha value is -2.89. The average Bonchev–Trinajstić information content (AvgIpc) is 3.59. The lowest BCUT2D eigenvalue weighted by molar-refractivity contribution is -0.142. The maximum Gasteiger partial charge on any atom is 0.435 e. The first-order valence-electron chi connectivity index (χ1n) is 11.4. The van der Waals surface area contributed by atoms with Gasteiger partial charge in [0.1, 0.15) is 12.6 Å². The van der Waals surface area contributed by atoms with Gasteiger partial charge < -0.3 is 4.90 Å². The van der Waals surface area contributed by atoms with Crippen LogP contribution in [0, 0.1) is 6.92 Å². The maximum absolute atomic E-state index is 12.9. The molecule has 0 aliphatic carbocycles. The topological polar surface area (TPSA) is 72.3 Å². The van der Waals surface area contributed by atoms with E-state index < -0.39 is 11.9 Å². The number of likely N-dealkylation sites (tertiary alicyclic amines) is 1. The van der Waals surface area contributed by atoms with E-state index in [1.165, 1.54) is 6.92 Å². The van der Waals surface area contributed by atoms with Crippen LogP contribution in [0.4, 0.5) is 13.2 Å². The molecule has 1 unspecified atom stereocenters. The second-order valence-electron chi connectivity index (χ2n) is 8.79. The molecule has 2 aromatic heterocycles. The van der Waals surface area contributed by atoms with Gasteiger partial charge in [-0.1, -0.05) is 29.8 Å². The molecule has 0 saturated carbocycles. The Morgan fingerprint density at radius 2 is 2.03 bits per heavy atom. The van der Waals surface area contributed by atoms with Crippen LogP contribution in [0.25, 0.3) is 5.70 Å². The number of carbonyl (C=O) groups is 1. The average molecular weight is 538 g/mol. The number of aryl methyl sites for hydroxylation is 1. The Morgan fingerprint density at radius 3 is 2.72 bits per heavy atom. The van der Waals surface area contributed by atoms with Crippen molar-refractivity contribution in [1.29, 1.82) is 0 Å². The van der Waals surface area contributed by atoms with Crippen LogP contribution < -0.4 is 5.48 Å². The van der Waals surface area contributed by atoms with E-state index in [2.05, 4.69) is 10.6 Å². The molecule has 190 valence electrons. The fourth-order valence-corrected chi connectivity index (χ4v) is 5.59. The first-order chi connectivity index (χ1) is 17.2. The van der Waals surface area contributed by atoms with Crippen molar-refractivity contribution in [3.63, 3.8) is 0 Å². The third-order valence-electron chi connectivity index (χ3n) is 6.38. The zero-order valence-electron chi connectivity index (χ0n) is 19.3. The van der Waals surface area contributed by atoms with Gasteiger partial charge in [0.05, 0.1) is 16.4 Å². The van der Waals surface area contributed by atoms with E-state index in [0.29, 0.717) is 23.8 Å². The van der Waals surface area contributed by atoms with Gasteiger partial charge in [0.15, 0.2) is 5.69 Å². The highest BCUT2D eigenvalue weighted by Crippen LogP contribution is 2.35. The molecule has 1 saturated heterocycles. The van der Waals surface area contributed by atoms with Gasteiger partial charge in [0, 0.05) is 40.7 Å². The molecule has 1 N–H and O–H groups in total. The summed E-state index contributed by atoms with van der Waals surface area (Å²) >= 11 is 7.85. The molecule has 4 heterocycles. The van der Waals surface area contributed by atoms with E-state index in [9.17, 15) is 18.0 Å². The second kappa shape index (κ2) is 9.87. The first-order valence-corrected chi connectivity index (χ1v) is 12.7. The molecule has 36 heavy (non-hydrogen) atoms. The fraction of sp³-hybridized carbons (Fsp3) is 0.375. The number of amides is 1. The molecule has 3 aromatic rings. The minimum atomic E-state index is -4.53. The van der Waals surface area contributed by atoms with Gasteiger partial charge in [-0.2, -0.15) is 18.3 Å². The van der Waals surface area contributed by atoms with Crippen LogP contribution in [-0.2, 0) is 22.4 Å². The zero-order chi connectivity index (χ0) is 25.4. The Labute approximate surface area is 214 Å². The lowest BCUT2D eigenvalue weighted by atomic mass is 9.97. The van der Waals surface area contributed by atoms with Gasteiger partial charge in [0.25, 0.3) is 0 Å². The molecule has 1 aromatic carbocycles. The van der Waals surface area contributed by atoms with Gasteiger partial charge in [0.2, 0.25) is 5.91 Å². The molecule has 1 atom stereocenters. The lowest BCUT2D eigenvalue weighted by Gasteiger charge is -2.31. The number of rotatable bonds is 5. The van der Waals surface area contributed by atoms with Crippen LogP contribution >= 0.6 is 22.9 Å². The number of halogens is 4. The number of nitrogens with one attached hydrogen (secondary N) is 1. The highest BCUT2D eigenvalue weighted by Gasteiger charge is 2.35. The Balaban J connectivity index is 1.18. The van der Waals surface area contributed by atoms with Crippen molar-refractivity contribution in [2.45, 2.75) is 44.5 Å². The lowest BCUT2D eigenvalue weighted by Crippen LogP contribution is -2.40. The summed E-state index contributed by atoms with van der Waals surface area (Å²) in [7, 11) is 0. The standard InChI is InChI=1S/C24H23ClF3N5O2S/c1-14-10-21(24(26,27)28)30-33(14)12-22(34)32-8-6-15(7-9-32)23-29-19(13-36-23)18-11-20(35-31-18)16-4-2-3-5-17(16)25/h2-5,10-11,13,15,20,31H,6-9,12H2,1H3. The van der Waals surface area contributed by atoms with E-state index in [0.717, 1.165) is 45.6 Å². The van der Waals surface area contributed by atoms with Gasteiger partial charge in [-0.25, -0.2) is 4.98 Å². The molecular weight excluding hydrogens is 515 g/mol. The summed E-state index contributed by atoms with van der Waals surface area (Å²) in [6.07, 6.45) is -1.43. The predicted molar refractivity (Wildman–Crippen MR) is 129 cm³/mol. The number of nitrogens with zero attached hydrogens (tertiary/aromatic N) is 4. The summed E-state index contributed by atoms with van der Waals surface area (Å²) in [4.78, 5) is 24.9. The van der Waals surface area contributed by atoms with Crippen LogP contribution in [0.3, 0.4) is 0 Å². The normalized spacial score (nSPS) is 18.9. The van der Waals surface area contributed by atoms with Crippen LogP contribution in [-0.4, -0.2) is 38.7 Å². The number of benzene rings is 1. The van der Waals surface area contributed by atoms with E-state index in [4.69, 9.17) is 21.4 Å². The summed E-state index contributed by atoms with van der Waals surface area (Å²) in [5, 5.41) is 7.15. The van der Waals surface area contributed by atoms with Crippen molar-refractivity contribution in [1.82, 2.24) is 25.1 Å². The quantitative estimate of drug-likeness (QED) is 0.475. The molecule has 0 bridgehead atoms. The van der Waals surface area contributed by atoms with E-state index in [-0.39, 0.29) is 24.5 Å². The van der Waals surface area contributed by atoms with E-state index in [1.807, 2.05) is 35.7 Å². The van der Waals surface area contributed by atoms with Gasteiger partial charge in [-0.15, -0.1) is 11.3 Å². The predicted octanol–water partition coefficient (Wildman–Crippen LogP) is 5.34. The fourth-order valence-electron chi connectivity index (χ4n) is 4.35. The van der Waals surface area contributed by atoms with E-state index in [1.54, 1.807) is 16.2 Å². The highest BCUT2D eigenvalue weighted by atomic mass is 35.5. The van der Waals surface area contributed by atoms with Crippen LogP contribution in [0.5, 0.6) is 0 Å². The minimum Gasteiger partial charge on any atom is -0.341 e. The summed E-state index contributed by atoms with van der Waals surface area (Å²) < 4.78 is 39.8. The number of hydrogen-bond donors (Lipinski definition) is 1. The number of hydrogen-bond acceptors (Lipinski definition) is 6. The first kappa shape index (κ1) is 24.8. The second-order valence-corrected chi connectivity index (χ2v) is 10.1.